The van der Waals surface area contributed by atoms with E-state index in [1.165, 1.54) is 15.6 Å². The molecule has 1 aliphatic rings. The molecular formula is C27H27N7O4. The summed E-state index contributed by atoms with van der Waals surface area (Å²) >= 11 is 0. The molecule has 0 radical (unpaired) electrons. The van der Waals surface area contributed by atoms with Crippen LogP contribution in [0.3, 0.4) is 0 Å². The Balaban J connectivity index is 1.48. The second kappa shape index (κ2) is 9.94. The number of urea groups is 1. The van der Waals surface area contributed by atoms with Gasteiger partial charge in [0.25, 0.3) is 5.91 Å². The van der Waals surface area contributed by atoms with Gasteiger partial charge in [0, 0.05) is 50.2 Å². The molecule has 3 amide bonds. The van der Waals surface area contributed by atoms with E-state index in [-0.39, 0.29) is 17.6 Å². The first-order valence-corrected chi connectivity index (χ1v) is 12.1. The van der Waals surface area contributed by atoms with Gasteiger partial charge in [0.15, 0.2) is 0 Å². The lowest BCUT2D eigenvalue weighted by Gasteiger charge is -2.23. The van der Waals surface area contributed by atoms with E-state index in [1.807, 2.05) is 12.1 Å². The topological polar surface area (TPSA) is 126 Å². The number of aromatic nitrogens is 4. The lowest BCUT2D eigenvalue weighted by atomic mass is 9.97. The summed E-state index contributed by atoms with van der Waals surface area (Å²) in [6.45, 7) is 2.40. The molecule has 2 aromatic heterocycles. The van der Waals surface area contributed by atoms with Crippen molar-refractivity contribution in [1.82, 2.24) is 24.6 Å². The minimum atomic E-state index is -0.909. The summed E-state index contributed by atoms with van der Waals surface area (Å²) in [4.78, 5) is 45.4. The minimum Gasteiger partial charge on any atom is -0.389 e. The molecule has 1 aliphatic heterocycles. The maximum Gasteiger partial charge on any atom is 0.350 e. The fourth-order valence-corrected chi connectivity index (χ4v) is 4.64. The Morgan fingerprint density at radius 3 is 2.42 bits per heavy atom. The van der Waals surface area contributed by atoms with Crippen molar-refractivity contribution >= 4 is 23.4 Å². The number of hydrogen-bond acceptors (Lipinski definition) is 6. The van der Waals surface area contributed by atoms with Crippen LogP contribution in [0.2, 0.25) is 0 Å². The van der Waals surface area contributed by atoms with Gasteiger partial charge < -0.3 is 10.4 Å². The van der Waals surface area contributed by atoms with Gasteiger partial charge in [-0.15, -0.1) is 0 Å². The molecule has 0 unspecified atom stereocenters. The van der Waals surface area contributed by atoms with Crippen LogP contribution in [0.25, 0.3) is 16.8 Å². The fourth-order valence-electron chi connectivity index (χ4n) is 4.64. The first-order chi connectivity index (χ1) is 18.3. The quantitative estimate of drug-likeness (QED) is 0.408. The predicted octanol–water partition coefficient (Wildman–Crippen LogP) is 2.49. The number of aliphatic hydroxyl groups is 1. The van der Waals surface area contributed by atoms with E-state index in [4.69, 9.17) is 0 Å². The fraction of sp³-hybridized carbons (Fsp3) is 0.222. The average molecular weight is 514 g/mol. The van der Waals surface area contributed by atoms with E-state index in [9.17, 15) is 19.5 Å². The number of rotatable bonds is 6. The van der Waals surface area contributed by atoms with E-state index < -0.39 is 6.10 Å². The summed E-state index contributed by atoms with van der Waals surface area (Å²) in [6.07, 6.45) is 2.16. The maximum absolute atomic E-state index is 13.5. The third kappa shape index (κ3) is 4.33. The van der Waals surface area contributed by atoms with Gasteiger partial charge in [-0.05, 0) is 54.4 Å². The van der Waals surface area contributed by atoms with Gasteiger partial charge >= 0.3 is 11.7 Å². The Bertz CT molecular complexity index is 1570. The normalized spacial score (nSPS) is 14.2. The van der Waals surface area contributed by atoms with Crippen molar-refractivity contribution in [2.75, 3.05) is 29.9 Å². The molecule has 11 heteroatoms. The molecule has 4 aromatic rings. The molecule has 3 heterocycles. The molecule has 194 valence electrons. The minimum absolute atomic E-state index is 0.236. The largest absolute Gasteiger partial charge is 0.389 e. The molecule has 2 N–H and O–H groups in total. The Kier molecular flexibility index (Phi) is 6.52. The van der Waals surface area contributed by atoms with Gasteiger partial charge in [0.1, 0.15) is 12.1 Å². The molecule has 0 spiro atoms. The molecule has 11 nitrogen and oxygen atoms in total. The van der Waals surface area contributed by atoms with Crippen molar-refractivity contribution in [2.24, 2.45) is 7.05 Å². The van der Waals surface area contributed by atoms with Gasteiger partial charge in [0.2, 0.25) is 0 Å². The zero-order valence-corrected chi connectivity index (χ0v) is 21.2. The second-order valence-electron chi connectivity index (χ2n) is 8.94. The Morgan fingerprint density at radius 2 is 1.76 bits per heavy atom. The number of aryl methyl sites for hydroxylation is 1. The summed E-state index contributed by atoms with van der Waals surface area (Å²) in [5, 5.41) is 17.4. The van der Waals surface area contributed by atoms with E-state index in [2.05, 4.69) is 15.4 Å². The van der Waals surface area contributed by atoms with Crippen LogP contribution in [0.15, 0.2) is 71.9 Å². The number of nitrogens with one attached hydrogen (secondary N) is 1. The summed E-state index contributed by atoms with van der Waals surface area (Å²) in [5.74, 6) is 0.139. The zero-order valence-electron chi connectivity index (χ0n) is 21.2. The Labute approximate surface area is 218 Å². The van der Waals surface area contributed by atoms with Crippen LogP contribution in [-0.2, 0) is 7.05 Å². The monoisotopic (exact) mass is 513 g/mol. The van der Waals surface area contributed by atoms with Crippen molar-refractivity contribution < 1.29 is 14.7 Å². The molecule has 0 aliphatic carbocycles. The van der Waals surface area contributed by atoms with Crippen LogP contribution in [-0.4, -0.2) is 56.5 Å². The molecule has 0 bridgehead atoms. The van der Waals surface area contributed by atoms with E-state index in [0.717, 1.165) is 11.1 Å². The highest BCUT2D eigenvalue weighted by atomic mass is 16.3. The van der Waals surface area contributed by atoms with Crippen molar-refractivity contribution in [3.8, 4) is 16.8 Å². The van der Waals surface area contributed by atoms with E-state index >= 15 is 0 Å². The molecule has 0 saturated carbocycles. The van der Waals surface area contributed by atoms with Crippen molar-refractivity contribution in [3.05, 3.63) is 88.7 Å². The van der Waals surface area contributed by atoms with Crippen LogP contribution in [0.4, 0.5) is 16.3 Å². The number of amides is 3. The third-order valence-corrected chi connectivity index (χ3v) is 6.58. The Morgan fingerprint density at radius 1 is 1.03 bits per heavy atom. The molecule has 2 aromatic carbocycles. The summed E-state index contributed by atoms with van der Waals surface area (Å²) in [5.41, 5.74) is 3.51. The third-order valence-electron chi connectivity index (χ3n) is 6.58. The predicted molar refractivity (Wildman–Crippen MR) is 143 cm³/mol. The van der Waals surface area contributed by atoms with Crippen LogP contribution in [0, 0.1) is 0 Å². The number of carbonyl (C=O) groups excluding carboxylic acids is 2. The SMILES string of the molecule is CNC(=O)c1cccc(N2CCN(c3nccc(-c4ccc(-n5cnn(C)c5=O)cc4)c3[C@H](C)O)C2=O)c1. The first-order valence-electron chi connectivity index (χ1n) is 12.1. The maximum atomic E-state index is 13.5. The number of carbonyl (C=O) groups is 2. The second-order valence-corrected chi connectivity index (χ2v) is 8.94. The van der Waals surface area contributed by atoms with Gasteiger partial charge in [-0.25, -0.2) is 23.8 Å². The molecule has 5 rings (SSSR count). The van der Waals surface area contributed by atoms with Gasteiger partial charge in [0.05, 0.1) is 11.8 Å². The number of nitrogens with zero attached hydrogens (tertiary/aromatic N) is 6. The van der Waals surface area contributed by atoms with Gasteiger partial charge in [-0.1, -0.05) is 18.2 Å². The number of anilines is 2. The summed E-state index contributed by atoms with van der Waals surface area (Å²) < 4.78 is 2.69. The lowest BCUT2D eigenvalue weighted by molar-refractivity contribution is 0.0963. The summed E-state index contributed by atoms with van der Waals surface area (Å²) in [7, 11) is 3.14. The van der Waals surface area contributed by atoms with Crippen molar-refractivity contribution in [1.29, 1.82) is 0 Å². The van der Waals surface area contributed by atoms with Crippen LogP contribution < -0.4 is 20.8 Å². The first kappa shape index (κ1) is 24.9. The van der Waals surface area contributed by atoms with Crippen LogP contribution in [0.1, 0.15) is 28.9 Å². The highest BCUT2D eigenvalue weighted by molar-refractivity contribution is 6.07. The molecule has 1 fully saturated rings. The van der Waals surface area contributed by atoms with Gasteiger partial charge in [-0.3, -0.25) is 14.6 Å². The number of hydrogen-bond donors (Lipinski definition) is 2. The Hall–Kier alpha value is -4.77. The average Bonchev–Trinajstić information content (AvgIpc) is 3.49. The zero-order chi connectivity index (χ0) is 27.0. The van der Waals surface area contributed by atoms with E-state index in [0.29, 0.717) is 41.4 Å². The van der Waals surface area contributed by atoms with Crippen molar-refractivity contribution in [3.63, 3.8) is 0 Å². The number of aliphatic hydroxyl groups excluding tert-OH is 1. The molecule has 1 atom stereocenters. The highest BCUT2D eigenvalue weighted by Gasteiger charge is 2.34. The number of benzene rings is 2. The number of pyridine rings is 1. The highest BCUT2D eigenvalue weighted by Crippen LogP contribution is 2.36. The molecule has 1 saturated heterocycles. The van der Waals surface area contributed by atoms with E-state index in [1.54, 1.807) is 79.5 Å². The molecular weight excluding hydrogens is 486 g/mol. The molecule has 38 heavy (non-hydrogen) atoms. The lowest BCUT2D eigenvalue weighted by Crippen LogP contribution is -2.33. The van der Waals surface area contributed by atoms with Gasteiger partial charge in [-0.2, -0.15) is 5.10 Å². The van der Waals surface area contributed by atoms with Crippen LogP contribution >= 0.6 is 0 Å². The summed E-state index contributed by atoms with van der Waals surface area (Å²) in [6, 6.07) is 15.7. The standard InChI is InChI=1S/C27H27N7O4/c1-17(35)23-22(18-7-9-20(10-8-18)34-16-30-31(3)26(34)37)11-12-29-24(23)33-14-13-32(27(33)38)21-6-4-5-19(15-21)25(36)28-2/h4-12,15-17,35H,13-14H2,1-3H3,(H,28,36)/t17-/m0/s1. The van der Waals surface area contributed by atoms with Crippen molar-refractivity contribution in [2.45, 2.75) is 13.0 Å². The van der Waals surface area contributed by atoms with Crippen LogP contribution in [0.5, 0.6) is 0 Å². The smallest absolute Gasteiger partial charge is 0.350 e.